The molecular formula is C6H12N+. The molecule has 0 heterocycles. The van der Waals surface area contributed by atoms with Crippen molar-refractivity contribution >= 4 is 0 Å². The molecule has 0 fully saturated rings. The number of hydrogen-bond acceptors (Lipinski definition) is 0. The SMILES string of the molecule is C#C[C@](C)([NH3+])CC. The van der Waals surface area contributed by atoms with E-state index in [2.05, 4.69) is 11.7 Å². The van der Waals surface area contributed by atoms with E-state index in [4.69, 9.17) is 6.42 Å². The minimum absolute atomic E-state index is 0.139. The molecule has 40 valence electrons. The van der Waals surface area contributed by atoms with E-state index in [0.717, 1.165) is 6.42 Å². The maximum absolute atomic E-state index is 5.10. The van der Waals surface area contributed by atoms with Crippen molar-refractivity contribution in [3.8, 4) is 12.3 Å². The van der Waals surface area contributed by atoms with Gasteiger partial charge in [-0.25, -0.2) is 0 Å². The second kappa shape index (κ2) is 1.99. The first-order valence-electron chi connectivity index (χ1n) is 2.45. The molecule has 0 aliphatic carbocycles. The fraction of sp³-hybridized carbons (Fsp3) is 0.667. The zero-order valence-electron chi connectivity index (χ0n) is 4.99. The smallest absolute Gasteiger partial charge is 0.152 e. The van der Waals surface area contributed by atoms with Gasteiger partial charge in [0.25, 0.3) is 0 Å². The largest absolute Gasteiger partial charge is 0.343 e. The second-order valence-corrected chi connectivity index (χ2v) is 2.06. The predicted molar refractivity (Wildman–Crippen MR) is 30.4 cm³/mol. The Labute approximate surface area is 44.9 Å². The van der Waals surface area contributed by atoms with Crippen LogP contribution in [0, 0.1) is 12.3 Å². The highest BCUT2D eigenvalue weighted by molar-refractivity contribution is 5.01. The van der Waals surface area contributed by atoms with Crippen LogP contribution in [0.1, 0.15) is 20.3 Å². The minimum Gasteiger partial charge on any atom is -0.343 e. The number of rotatable bonds is 1. The van der Waals surface area contributed by atoms with Gasteiger partial charge in [-0.3, -0.25) is 0 Å². The summed E-state index contributed by atoms with van der Waals surface area (Å²) in [5.74, 6) is 2.58. The Morgan fingerprint density at radius 2 is 2.29 bits per heavy atom. The zero-order chi connectivity index (χ0) is 5.91. The second-order valence-electron chi connectivity index (χ2n) is 2.06. The molecule has 0 bridgehead atoms. The van der Waals surface area contributed by atoms with Crippen LogP contribution in [0.4, 0.5) is 0 Å². The van der Waals surface area contributed by atoms with E-state index in [1.54, 1.807) is 0 Å². The van der Waals surface area contributed by atoms with Crippen LogP contribution < -0.4 is 5.73 Å². The Balaban J connectivity index is 3.66. The maximum Gasteiger partial charge on any atom is 0.152 e. The topological polar surface area (TPSA) is 27.6 Å². The molecule has 0 aromatic carbocycles. The molecule has 0 saturated carbocycles. The molecule has 1 atom stereocenters. The first kappa shape index (κ1) is 6.52. The maximum atomic E-state index is 5.10. The van der Waals surface area contributed by atoms with Crippen molar-refractivity contribution in [3.63, 3.8) is 0 Å². The van der Waals surface area contributed by atoms with Crippen molar-refractivity contribution in [1.82, 2.24) is 0 Å². The average Bonchev–Trinajstić information content (AvgIpc) is 1.68. The van der Waals surface area contributed by atoms with Crippen molar-refractivity contribution in [2.24, 2.45) is 0 Å². The molecule has 0 amide bonds. The van der Waals surface area contributed by atoms with Crippen molar-refractivity contribution in [2.75, 3.05) is 0 Å². The molecule has 0 aliphatic heterocycles. The molecule has 1 nitrogen and oxygen atoms in total. The van der Waals surface area contributed by atoms with E-state index < -0.39 is 0 Å². The highest BCUT2D eigenvalue weighted by Crippen LogP contribution is 1.96. The Morgan fingerprint density at radius 3 is 2.29 bits per heavy atom. The summed E-state index contributed by atoms with van der Waals surface area (Å²) >= 11 is 0. The summed E-state index contributed by atoms with van der Waals surface area (Å²) in [7, 11) is 0. The zero-order valence-corrected chi connectivity index (χ0v) is 4.99. The fourth-order valence-corrected chi connectivity index (χ4v) is 0.102. The van der Waals surface area contributed by atoms with E-state index >= 15 is 0 Å². The van der Waals surface area contributed by atoms with Gasteiger partial charge in [0.05, 0.1) is 0 Å². The number of quaternary nitrogens is 1. The van der Waals surface area contributed by atoms with Gasteiger partial charge < -0.3 is 5.73 Å². The van der Waals surface area contributed by atoms with Crippen molar-refractivity contribution < 1.29 is 5.73 Å². The van der Waals surface area contributed by atoms with Gasteiger partial charge in [0.2, 0.25) is 0 Å². The van der Waals surface area contributed by atoms with Gasteiger partial charge in [-0.2, -0.15) is 0 Å². The predicted octanol–water partition coefficient (Wildman–Crippen LogP) is 0.0302. The lowest BCUT2D eigenvalue weighted by Crippen LogP contribution is -2.69. The molecule has 0 spiro atoms. The lowest BCUT2D eigenvalue weighted by atomic mass is 10.0. The summed E-state index contributed by atoms with van der Waals surface area (Å²) in [6.07, 6.45) is 6.05. The minimum atomic E-state index is -0.139. The van der Waals surface area contributed by atoms with Gasteiger partial charge in [-0.05, 0) is 5.92 Å². The van der Waals surface area contributed by atoms with Crippen molar-refractivity contribution in [2.45, 2.75) is 25.8 Å². The van der Waals surface area contributed by atoms with Gasteiger partial charge in [-0.15, -0.1) is 6.42 Å². The van der Waals surface area contributed by atoms with E-state index in [0.29, 0.717) is 0 Å². The Bertz CT molecular complexity index is 86.8. The molecule has 0 saturated heterocycles. The summed E-state index contributed by atoms with van der Waals surface area (Å²) in [6.45, 7) is 3.99. The molecule has 0 aromatic rings. The van der Waals surface area contributed by atoms with Crippen LogP contribution in [0.25, 0.3) is 0 Å². The van der Waals surface area contributed by atoms with E-state index in [9.17, 15) is 0 Å². The van der Waals surface area contributed by atoms with Crippen LogP contribution in [-0.4, -0.2) is 5.54 Å². The first-order valence-corrected chi connectivity index (χ1v) is 2.45. The van der Waals surface area contributed by atoms with E-state index in [1.807, 2.05) is 13.8 Å². The van der Waals surface area contributed by atoms with Crippen LogP contribution in [0.15, 0.2) is 0 Å². The number of hydrogen-bond donors (Lipinski definition) is 1. The van der Waals surface area contributed by atoms with Gasteiger partial charge in [0.1, 0.15) is 0 Å². The van der Waals surface area contributed by atoms with Gasteiger partial charge in [-0.1, -0.05) is 6.92 Å². The van der Waals surface area contributed by atoms with Crippen LogP contribution in [0.2, 0.25) is 0 Å². The quantitative estimate of drug-likeness (QED) is 0.448. The number of terminal acetylenes is 1. The highest BCUT2D eigenvalue weighted by Gasteiger charge is 2.13. The molecule has 0 aromatic heterocycles. The Hall–Kier alpha value is -0.480. The first-order chi connectivity index (χ1) is 3.12. The van der Waals surface area contributed by atoms with Crippen molar-refractivity contribution in [1.29, 1.82) is 0 Å². The monoisotopic (exact) mass is 98.1 g/mol. The molecule has 0 unspecified atom stereocenters. The third kappa shape index (κ3) is 2.24. The van der Waals surface area contributed by atoms with Crippen molar-refractivity contribution in [3.05, 3.63) is 0 Å². The molecule has 1 heteroatoms. The van der Waals surface area contributed by atoms with E-state index in [1.165, 1.54) is 0 Å². The fourth-order valence-electron chi connectivity index (χ4n) is 0.102. The molecular weight excluding hydrogens is 86.1 g/mol. The molecule has 7 heavy (non-hydrogen) atoms. The normalized spacial score (nSPS) is 17.4. The molecule has 0 rings (SSSR count). The lowest BCUT2D eigenvalue weighted by Gasteiger charge is -2.07. The average molecular weight is 98.2 g/mol. The Morgan fingerprint density at radius 1 is 1.86 bits per heavy atom. The summed E-state index contributed by atoms with van der Waals surface area (Å²) in [6, 6.07) is 0. The highest BCUT2D eigenvalue weighted by atomic mass is 14.7. The lowest BCUT2D eigenvalue weighted by molar-refractivity contribution is -0.449. The van der Waals surface area contributed by atoms with Gasteiger partial charge >= 0.3 is 0 Å². The summed E-state index contributed by atoms with van der Waals surface area (Å²) in [5, 5.41) is 0. The summed E-state index contributed by atoms with van der Waals surface area (Å²) in [5.41, 5.74) is 3.63. The Kier molecular flexibility index (Phi) is 1.86. The van der Waals surface area contributed by atoms with Crippen LogP contribution >= 0.6 is 0 Å². The summed E-state index contributed by atoms with van der Waals surface area (Å²) in [4.78, 5) is 0. The third-order valence-electron chi connectivity index (χ3n) is 1.13. The van der Waals surface area contributed by atoms with Crippen LogP contribution in [0.5, 0.6) is 0 Å². The van der Waals surface area contributed by atoms with Gasteiger partial charge in [0, 0.05) is 13.3 Å². The molecule has 0 radical (unpaired) electrons. The van der Waals surface area contributed by atoms with E-state index in [-0.39, 0.29) is 5.54 Å². The molecule has 3 N–H and O–H groups in total. The van der Waals surface area contributed by atoms with Crippen LogP contribution in [-0.2, 0) is 0 Å². The standard InChI is InChI=1S/C6H11N/c1-4-6(3,7)5-2/h1H,5,7H2,2-3H3/p+1/t6-/m0/s1. The van der Waals surface area contributed by atoms with Crippen LogP contribution in [0.3, 0.4) is 0 Å². The third-order valence-corrected chi connectivity index (χ3v) is 1.13. The molecule has 0 aliphatic rings. The van der Waals surface area contributed by atoms with Gasteiger partial charge in [0.15, 0.2) is 5.54 Å². The summed E-state index contributed by atoms with van der Waals surface area (Å²) < 4.78 is 0.